The van der Waals surface area contributed by atoms with Crippen LogP contribution in [0.4, 0.5) is 5.69 Å². The van der Waals surface area contributed by atoms with Crippen molar-refractivity contribution in [2.24, 2.45) is 0 Å². The second-order valence-electron chi connectivity index (χ2n) is 5.09. The van der Waals surface area contributed by atoms with Gasteiger partial charge >= 0.3 is 0 Å². The van der Waals surface area contributed by atoms with Gasteiger partial charge in [-0.15, -0.1) is 0 Å². The molecule has 2 atom stereocenters. The highest BCUT2D eigenvalue weighted by molar-refractivity contribution is 7.91. The van der Waals surface area contributed by atoms with Crippen molar-refractivity contribution >= 4 is 15.5 Å². The van der Waals surface area contributed by atoms with E-state index in [0.29, 0.717) is 0 Å². The molecule has 0 radical (unpaired) electrons. The highest BCUT2D eigenvalue weighted by Gasteiger charge is 2.36. The summed E-state index contributed by atoms with van der Waals surface area (Å²) in [5.74, 6) is 0.567. The minimum Gasteiger partial charge on any atom is -0.491 e. The van der Waals surface area contributed by atoms with E-state index in [2.05, 4.69) is 5.32 Å². The first-order chi connectivity index (χ1) is 8.85. The van der Waals surface area contributed by atoms with Gasteiger partial charge < -0.3 is 15.2 Å². The SMILES string of the molecule is CC(C)Oc1ccc(NC2CS(=O)(=O)CC2O)cc1. The lowest BCUT2D eigenvalue weighted by atomic mass is 10.2. The van der Waals surface area contributed by atoms with E-state index in [1.165, 1.54) is 0 Å². The molecule has 6 heteroatoms. The van der Waals surface area contributed by atoms with Crippen LogP contribution in [0.25, 0.3) is 0 Å². The van der Waals surface area contributed by atoms with Crippen LogP contribution in [0.3, 0.4) is 0 Å². The molecule has 1 heterocycles. The first-order valence-electron chi connectivity index (χ1n) is 6.27. The molecule has 0 bridgehead atoms. The predicted octanol–water partition coefficient (Wildman–Crippen LogP) is 1.04. The first kappa shape index (κ1) is 14.1. The number of hydrogen-bond acceptors (Lipinski definition) is 5. The van der Waals surface area contributed by atoms with Gasteiger partial charge in [-0.1, -0.05) is 0 Å². The van der Waals surface area contributed by atoms with Crippen LogP contribution in [0.1, 0.15) is 13.8 Å². The van der Waals surface area contributed by atoms with E-state index in [9.17, 15) is 13.5 Å². The van der Waals surface area contributed by atoms with Gasteiger partial charge in [0.05, 0.1) is 29.8 Å². The van der Waals surface area contributed by atoms with E-state index in [4.69, 9.17) is 4.74 Å². The number of ether oxygens (including phenoxy) is 1. The van der Waals surface area contributed by atoms with Gasteiger partial charge in [-0.3, -0.25) is 0 Å². The second-order valence-corrected chi connectivity index (χ2v) is 7.24. The van der Waals surface area contributed by atoms with Crippen LogP contribution >= 0.6 is 0 Å². The van der Waals surface area contributed by atoms with Crippen LogP contribution in [0.2, 0.25) is 0 Å². The van der Waals surface area contributed by atoms with Crippen molar-refractivity contribution < 1.29 is 18.3 Å². The Kier molecular flexibility index (Phi) is 4.01. The summed E-state index contributed by atoms with van der Waals surface area (Å²) in [6, 6.07) is 6.82. The number of sulfone groups is 1. The molecule has 2 unspecified atom stereocenters. The molecule has 106 valence electrons. The highest BCUT2D eigenvalue weighted by atomic mass is 32.2. The third-order valence-electron chi connectivity index (χ3n) is 2.90. The molecular weight excluding hydrogens is 266 g/mol. The van der Waals surface area contributed by atoms with E-state index in [0.717, 1.165) is 11.4 Å². The largest absolute Gasteiger partial charge is 0.491 e. The maximum Gasteiger partial charge on any atom is 0.155 e. The molecule has 2 N–H and O–H groups in total. The van der Waals surface area contributed by atoms with Gasteiger partial charge in [0.25, 0.3) is 0 Å². The van der Waals surface area contributed by atoms with Crippen molar-refractivity contribution in [3.8, 4) is 5.75 Å². The van der Waals surface area contributed by atoms with Gasteiger partial charge in [0.2, 0.25) is 0 Å². The van der Waals surface area contributed by atoms with E-state index >= 15 is 0 Å². The molecule has 2 rings (SSSR count). The molecule has 0 aliphatic carbocycles. The van der Waals surface area contributed by atoms with Gasteiger partial charge in [0.1, 0.15) is 5.75 Å². The summed E-state index contributed by atoms with van der Waals surface area (Å²) < 4.78 is 28.3. The summed E-state index contributed by atoms with van der Waals surface area (Å²) in [7, 11) is -3.13. The Morgan fingerprint density at radius 1 is 1.26 bits per heavy atom. The Balaban J connectivity index is 2.00. The predicted molar refractivity (Wildman–Crippen MR) is 74.3 cm³/mol. The third-order valence-corrected chi connectivity index (χ3v) is 4.62. The molecule has 1 aliphatic heterocycles. The zero-order valence-corrected chi connectivity index (χ0v) is 11.9. The van der Waals surface area contributed by atoms with E-state index in [1.54, 1.807) is 0 Å². The van der Waals surface area contributed by atoms with Crippen molar-refractivity contribution in [3.05, 3.63) is 24.3 Å². The van der Waals surface area contributed by atoms with E-state index in [-0.39, 0.29) is 17.6 Å². The fourth-order valence-electron chi connectivity index (χ4n) is 2.08. The number of aliphatic hydroxyl groups is 1. The lowest BCUT2D eigenvalue weighted by Crippen LogP contribution is -2.31. The molecule has 1 aromatic rings. The quantitative estimate of drug-likeness (QED) is 0.864. The van der Waals surface area contributed by atoms with Crippen LogP contribution < -0.4 is 10.1 Å². The van der Waals surface area contributed by atoms with Crippen LogP contribution in [0, 0.1) is 0 Å². The normalized spacial score (nSPS) is 25.5. The van der Waals surface area contributed by atoms with E-state index < -0.39 is 22.0 Å². The molecule has 1 aliphatic rings. The Morgan fingerprint density at radius 2 is 1.89 bits per heavy atom. The summed E-state index contributed by atoms with van der Waals surface area (Å²) in [4.78, 5) is 0. The Bertz CT molecular complexity index is 524. The Hall–Kier alpha value is -1.27. The van der Waals surface area contributed by atoms with Gasteiger partial charge in [-0.05, 0) is 38.1 Å². The van der Waals surface area contributed by atoms with Crippen molar-refractivity contribution in [3.63, 3.8) is 0 Å². The topological polar surface area (TPSA) is 75.6 Å². The van der Waals surface area contributed by atoms with Crippen molar-refractivity contribution in [1.29, 1.82) is 0 Å². The van der Waals surface area contributed by atoms with Crippen LogP contribution in [0.5, 0.6) is 5.75 Å². The van der Waals surface area contributed by atoms with Crippen LogP contribution in [-0.2, 0) is 9.84 Å². The third kappa shape index (κ3) is 3.84. The fourth-order valence-corrected chi connectivity index (χ4v) is 3.82. The van der Waals surface area contributed by atoms with Crippen LogP contribution in [-0.4, -0.2) is 43.3 Å². The summed E-state index contributed by atoms with van der Waals surface area (Å²) in [6.07, 6.45) is -0.739. The van der Waals surface area contributed by atoms with Gasteiger partial charge in [0, 0.05) is 5.69 Å². The molecule has 0 aromatic heterocycles. The number of aliphatic hydroxyl groups excluding tert-OH is 1. The Labute approximate surface area is 113 Å². The van der Waals surface area contributed by atoms with Gasteiger partial charge in [-0.25, -0.2) is 8.42 Å². The van der Waals surface area contributed by atoms with Crippen molar-refractivity contribution in [1.82, 2.24) is 0 Å². The van der Waals surface area contributed by atoms with Crippen molar-refractivity contribution in [2.75, 3.05) is 16.8 Å². The fraction of sp³-hybridized carbons (Fsp3) is 0.538. The molecule has 1 saturated heterocycles. The maximum atomic E-state index is 11.4. The summed E-state index contributed by atoms with van der Waals surface area (Å²) in [5.41, 5.74) is 0.775. The zero-order chi connectivity index (χ0) is 14.0. The summed E-state index contributed by atoms with van der Waals surface area (Å²) in [6.45, 7) is 3.90. The molecule has 0 spiro atoms. The van der Waals surface area contributed by atoms with E-state index in [1.807, 2.05) is 38.1 Å². The first-order valence-corrected chi connectivity index (χ1v) is 8.09. The van der Waals surface area contributed by atoms with Crippen molar-refractivity contribution in [2.45, 2.75) is 32.1 Å². The van der Waals surface area contributed by atoms with Gasteiger partial charge in [-0.2, -0.15) is 0 Å². The summed E-state index contributed by atoms with van der Waals surface area (Å²) in [5, 5.41) is 12.7. The minimum absolute atomic E-state index is 0.0294. The highest BCUT2D eigenvalue weighted by Crippen LogP contribution is 2.21. The molecule has 0 amide bonds. The molecule has 5 nitrogen and oxygen atoms in total. The molecule has 0 saturated carbocycles. The number of hydrogen-bond donors (Lipinski definition) is 2. The molecule has 1 fully saturated rings. The Morgan fingerprint density at radius 3 is 2.37 bits per heavy atom. The smallest absolute Gasteiger partial charge is 0.155 e. The van der Waals surface area contributed by atoms with Gasteiger partial charge in [0.15, 0.2) is 9.84 Å². The second kappa shape index (κ2) is 5.38. The minimum atomic E-state index is -3.13. The summed E-state index contributed by atoms with van der Waals surface area (Å²) >= 11 is 0. The van der Waals surface area contributed by atoms with Crippen LogP contribution in [0.15, 0.2) is 24.3 Å². The zero-order valence-electron chi connectivity index (χ0n) is 11.0. The number of rotatable bonds is 4. The molecular formula is C13H19NO4S. The number of nitrogens with one attached hydrogen (secondary N) is 1. The number of anilines is 1. The monoisotopic (exact) mass is 285 g/mol. The molecule has 1 aromatic carbocycles. The number of benzene rings is 1. The standard InChI is InChI=1S/C13H19NO4S/c1-9(2)18-11-5-3-10(4-6-11)14-12-7-19(16,17)8-13(12)15/h3-6,9,12-15H,7-8H2,1-2H3. The maximum absolute atomic E-state index is 11.4. The average Bonchev–Trinajstić information content (AvgIpc) is 2.54. The molecule has 19 heavy (non-hydrogen) atoms. The lowest BCUT2D eigenvalue weighted by Gasteiger charge is -2.17. The lowest BCUT2D eigenvalue weighted by molar-refractivity contribution is 0.190. The average molecular weight is 285 g/mol.